The van der Waals surface area contributed by atoms with Crippen molar-refractivity contribution in [1.82, 2.24) is 10.7 Å². The molecule has 1 unspecified atom stereocenters. The Hall–Kier alpha value is -0.120. The Bertz CT molecular complexity index is 46.9. The summed E-state index contributed by atoms with van der Waals surface area (Å²) in [5.41, 5.74) is 2.52. The Morgan fingerprint density at radius 1 is 1.62 bits per heavy atom. The van der Waals surface area contributed by atoms with E-state index in [2.05, 4.69) is 24.6 Å². The fourth-order valence-electron chi connectivity index (χ4n) is 0.377. The van der Waals surface area contributed by atoms with E-state index < -0.39 is 0 Å². The molecule has 0 rings (SSSR count). The van der Waals surface area contributed by atoms with Crippen molar-refractivity contribution >= 4 is 0 Å². The van der Waals surface area contributed by atoms with Crippen molar-refractivity contribution in [3.63, 3.8) is 0 Å². The van der Waals surface area contributed by atoms with Gasteiger partial charge in [0.15, 0.2) is 0 Å². The zero-order valence-corrected chi connectivity index (χ0v) is 5.57. The minimum absolute atomic E-state index is 0.561. The van der Waals surface area contributed by atoms with Gasteiger partial charge in [-0.25, -0.2) is 5.43 Å². The van der Waals surface area contributed by atoms with Gasteiger partial charge in [0.25, 0.3) is 0 Å². The molecule has 8 heavy (non-hydrogen) atoms. The number of nitrogens with two attached hydrogens (primary N) is 1. The van der Waals surface area contributed by atoms with E-state index in [1.807, 2.05) is 0 Å². The molecule has 0 saturated heterocycles. The first-order chi connectivity index (χ1) is 3.81. The van der Waals surface area contributed by atoms with Gasteiger partial charge in [-0.2, -0.15) is 0 Å². The summed E-state index contributed by atoms with van der Waals surface area (Å²) in [6, 6.07) is 0.561. The summed E-state index contributed by atoms with van der Waals surface area (Å²) in [5.74, 6) is 5.02. The highest BCUT2D eigenvalue weighted by Gasteiger charge is 1.91. The molecule has 1 atom stereocenters. The van der Waals surface area contributed by atoms with E-state index in [9.17, 15) is 0 Å². The van der Waals surface area contributed by atoms with Gasteiger partial charge in [0.05, 0.1) is 6.67 Å². The first kappa shape index (κ1) is 7.88. The van der Waals surface area contributed by atoms with Gasteiger partial charge in [0, 0.05) is 6.04 Å². The molecule has 0 amide bonds. The zero-order valence-electron chi connectivity index (χ0n) is 5.57. The SMILES string of the molecule is CCC(C)NCNN. The fraction of sp³-hybridized carbons (Fsp3) is 1.00. The van der Waals surface area contributed by atoms with Crippen molar-refractivity contribution in [3.8, 4) is 0 Å². The van der Waals surface area contributed by atoms with Crippen molar-refractivity contribution < 1.29 is 0 Å². The molecule has 0 aliphatic rings. The summed E-state index contributed by atoms with van der Waals surface area (Å²) in [6.45, 7) is 4.94. The Morgan fingerprint density at radius 3 is 2.62 bits per heavy atom. The molecule has 0 radical (unpaired) electrons. The Balaban J connectivity index is 2.86. The van der Waals surface area contributed by atoms with E-state index in [0.29, 0.717) is 12.7 Å². The average molecular weight is 117 g/mol. The first-order valence-corrected chi connectivity index (χ1v) is 2.98. The van der Waals surface area contributed by atoms with Crippen molar-refractivity contribution in [1.29, 1.82) is 0 Å². The Kier molecular flexibility index (Phi) is 4.95. The predicted octanol–water partition coefficient (Wildman–Crippen LogP) is -0.205. The highest BCUT2D eigenvalue weighted by molar-refractivity contribution is 4.53. The maximum absolute atomic E-state index is 5.02. The maximum Gasteiger partial charge on any atom is 0.0589 e. The quantitative estimate of drug-likeness (QED) is 0.271. The van der Waals surface area contributed by atoms with Gasteiger partial charge in [-0.3, -0.25) is 5.84 Å². The zero-order chi connectivity index (χ0) is 6.41. The van der Waals surface area contributed by atoms with E-state index >= 15 is 0 Å². The molecule has 0 aliphatic carbocycles. The van der Waals surface area contributed by atoms with Crippen LogP contribution in [0, 0.1) is 0 Å². The third-order valence-electron chi connectivity index (χ3n) is 1.16. The van der Waals surface area contributed by atoms with Crippen LogP contribution in [0.5, 0.6) is 0 Å². The molecule has 0 aromatic heterocycles. The Morgan fingerprint density at radius 2 is 2.25 bits per heavy atom. The van der Waals surface area contributed by atoms with Crippen molar-refractivity contribution in [2.45, 2.75) is 26.3 Å². The minimum Gasteiger partial charge on any atom is -0.301 e. The smallest absolute Gasteiger partial charge is 0.0589 e. The summed E-state index contributed by atoms with van der Waals surface area (Å²) in [7, 11) is 0. The van der Waals surface area contributed by atoms with Crippen LogP contribution in [0.25, 0.3) is 0 Å². The van der Waals surface area contributed by atoms with Gasteiger partial charge in [-0.05, 0) is 13.3 Å². The molecule has 0 heterocycles. The third kappa shape index (κ3) is 4.05. The number of nitrogens with one attached hydrogen (secondary N) is 2. The molecular formula is C5H15N3. The van der Waals surface area contributed by atoms with Gasteiger partial charge in [0.2, 0.25) is 0 Å². The lowest BCUT2D eigenvalue weighted by atomic mass is 10.3. The van der Waals surface area contributed by atoms with Crippen molar-refractivity contribution in [3.05, 3.63) is 0 Å². The van der Waals surface area contributed by atoms with Gasteiger partial charge in [-0.15, -0.1) is 0 Å². The molecule has 0 bridgehead atoms. The number of hydrogen-bond donors (Lipinski definition) is 3. The van der Waals surface area contributed by atoms with Crippen LogP contribution in [0.2, 0.25) is 0 Å². The molecule has 4 N–H and O–H groups in total. The number of hydrogen-bond acceptors (Lipinski definition) is 3. The summed E-state index contributed by atoms with van der Waals surface area (Å²) >= 11 is 0. The van der Waals surface area contributed by atoms with Gasteiger partial charge >= 0.3 is 0 Å². The van der Waals surface area contributed by atoms with Crippen LogP contribution in [0.4, 0.5) is 0 Å². The fourth-order valence-corrected chi connectivity index (χ4v) is 0.377. The lowest BCUT2D eigenvalue weighted by Crippen LogP contribution is -2.38. The molecule has 0 aromatic rings. The summed E-state index contributed by atoms with van der Waals surface area (Å²) < 4.78 is 0. The topological polar surface area (TPSA) is 50.1 Å². The lowest BCUT2D eigenvalue weighted by molar-refractivity contribution is 0.499. The Labute approximate surface area is 50.6 Å². The van der Waals surface area contributed by atoms with E-state index in [-0.39, 0.29) is 0 Å². The van der Waals surface area contributed by atoms with E-state index in [1.165, 1.54) is 0 Å². The molecule has 0 fully saturated rings. The van der Waals surface area contributed by atoms with Gasteiger partial charge in [-0.1, -0.05) is 6.92 Å². The summed E-state index contributed by atoms with van der Waals surface area (Å²) in [5, 5.41) is 3.15. The summed E-state index contributed by atoms with van der Waals surface area (Å²) in [4.78, 5) is 0. The van der Waals surface area contributed by atoms with Crippen LogP contribution in [-0.2, 0) is 0 Å². The summed E-state index contributed by atoms with van der Waals surface area (Å²) in [6.07, 6.45) is 1.14. The van der Waals surface area contributed by atoms with Crippen LogP contribution in [-0.4, -0.2) is 12.7 Å². The van der Waals surface area contributed by atoms with Crippen LogP contribution in [0.1, 0.15) is 20.3 Å². The van der Waals surface area contributed by atoms with Gasteiger partial charge in [0.1, 0.15) is 0 Å². The monoisotopic (exact) mass is 117 g/mol. The molecule has 3 heteroatoms. The third-order valence-corrected chi connectivity index (χ3v) is 1.16. The molecule has 0 aromatic carbocycles. The van der Waals surface area contributed by atoms with Crippen molar-refractivity contribution in [2.75, 3.05) is 6.67 Å². The number of rotatable bonds is 4. The highest BCUT2D eigenvalue weighted by Crippen LogP contribution is 1.83. The van der Waals surface area contributed by atoms with E-state index in [4.69, 9.17) is 5.84 Å². The second-order valence-electron chi connectivity index (χ2n) is 1.89. The molecule has 0 spiro atoms. The van der Waals surface area contributed by atoms with Crippen LogP contribution >= 0.6 is 0 Å². The lowest BCUT2D eigenvalue weighted by Gasteiger charge is -2.08. The van der Waals surface area contributed by atoms with Crippen LogP contribution in [0.3, 0.4) is 0 Å². The normalized spacial score (nSPS) is 13.9. The second kappa shape index (κ2) is 5.03. The standard InChI is InChI=1S/C5H15N3/c1-3-5(2)7-4-8-6/h5,7-8H,3-4,6H2,1-2H3. The molecular weight excluding hydrogens is 102 g/mol. The average Bonchev–Trinajstić information content (AvgIpc) is 1.83. The molecule has 0 saturated carbocycles. The van der Waals surface area contributed by atoms with Crippen molar-refractivity contribution in [2.24, 2.45) is 5.84 Å². The second-order valence-corrected chi connectivity index (χ2v) is 1.89. The highest BCUT2D eigenvalue weighted by atomic mass is 15.3. The van der Waals surface area contributed by atoms with E-state index in [1.54, 1.807) is 0 Å². The molecule has 0 aliphatic heterocycles. The molecule has 3 nitrogen and oxygen atoms in total. The van der Waals surface area contributed by atoms with Gasteiger partial charge < -0.3 is 5.32 Å². The maximum atomic E-state index is 5.02. The first-order valence-electron chi connectivity index (χ1n) is 2.98. The predicted molar refractivity (Wildman–Crippen MR) is 35.1 cm³/mol. The molecule has 50 valence electrons. The minimum atomic E-state index is 0.561. The van der Waals surface area contributed by atoms with E-state index in [0.717, 1.165) is 6.42 Å². The van der Waals surface area contributed by atoms with Crippen LogP contribution < -0.4 is 16.6 Å². The largest absolute Gasteiger partial charge is 0.301 e. The van der Waals surface area contributed by atoms with Crippen LogP contribution in [0.15, 0.2) is 0 Å². The number of hydrazine groups is 1.